The van der Waals surface area contributed by atoms with Gasteiger partial charge in [0.1, 0.15) is 0 Å². The van der Waals surface area contributed by atoms with Gasteiger partial charge in [0.25, 0.3) is 0 Å². The third-order valence-corrected chi connectivity index (χ3v) is 10.2. The Morgan fingerprint density at radius 3 is 1.88 bits per heavy atom. The van der Waals surface area contributed by atoms with Crippen LogP contribution < -0.4 is 0 Å². The Morgan fingerprint density at radius 2 is 1.12 bits per heavy atom. The van der Waals surface area contributed by atoms with Gasteiger partial charge in [-0.1, -0.05) is 66.7 Å². The van der Waals surface area contributed by atoms with E-state index in [1.165, 1.54) is 23.1 Å². The summed E-state index contributed by atoms with van der Waals surface area (Å²) < 4.78 is 4.58. The van der Waals surface area contributed by atoms with Crippen molar-refractivity contribution in [2.24, 2.45) is 0 Å². The average molecular weight is 640 g/mol. The molecular weight excluding hydrogens is 611 g/mol. The summed E-state index contributed by atoms with van der Waals surface area (Å²) in [5, 5.41) is 32.8. The van der Waals surface area contributed by atoms with Crippen LogP contribution in [-0.4, -0.2) is 9.13 Å². The van der Waals surface area contributed by atoms with E-state index in [-0.39, 0.29) is 0 Å². The molecule has 50 heavy (non-hydrogen) atoms. The average Bonchev–Trinajstić information content (AvgIpc) is 3.69. The number of benzene rings is 6. The summed E-state index contributed by atoms with van der Waals surface area (Å²) in [4.78, 5) is 0. The minimum Gasteiger partial charge on any atom is -0.313 e. The Hall–Kier alpha value is -6.87. The lowest BCUT2D eigenvalue weighted by molar-refractivity contribution is 0.667. The number of aryl methyl sites for hydroxylation is 1. The summed E-state index contributed by atoms with van der Waals surface area (Å²) in [6.45, 7) is 0. The van der Waals surface area contributed by atoms with E-state index < -0.39 is 0 Å². The number of para-hydroxylation sites is 2. The number of rotatable bonds is 4. The van der Waals surface area contributed by atoms with E-state index in [4.69, 9.17) is 0 Å². The molecule has 1 aliphatic carbocycles. The molecule has 5 heteroatoms. The standard InChI is InChI=1S/C45H29N5/c46-26-29-13-21-44-39(23-29)37-8-2-5-11-42(37)49(44)34-19-20-35(33(25-34)28-48)31-15-17-32(18-16-31)36-7-1-4-10-41(36)50-43-12-6-3-9-38(43)40-24-30(27-47)14-22-45(40)50/h1-2,4-5,7-8,10-11,13-25H,3,6,9,12H2. The molecule has 0 saturated heterocycles. The summed E-state index contributed by atoms with van der Waals surface area (Å²) in [7, 11) is 0. The van der Waals surface area contributed by atoms with E-state index >= 15 is 0 Å². The van der Waals surface area contributed by atoms with Crippen molar-refractivity contribution in [2.75, 3.05) is 0 Å². The maximum absolute atomic E-state index is 10.4. The summed E-state index contributed by atoms with van der Waals surface area (Å²) in [6, 6.07) is 50.2. The largest absolute Gasteiger partial charge is 0.313 e. The molecule has 0 fully saturated rings. The maximum Gasteiger partial charge on any atom is 0.0998 e. The first-order chi connectivity index (χ1) is 24.7. The number of hydrogen-bond acceptors (Lipinski definition) is 3. The summed E-state index contributed by atoms with van der Waals surface area (Å²) in [6.07, 6.45) is 4.37. The van der Waals surface area contributed by atoms with Gasteiger partial charge in [0, 0.05) is 33.1 Å². The van der Waals surface area contributed by atoms with Gasteiger partial charge >= 0.3 is 0 Å². The van der Waals surface area contributed by atoms with Crippen LogP contribution in [0.15, 0.2) is 127 Å². The number of hydrogen-bond donors (Lipinski definition) is 0. The van der Waals surface area contributed by atoms with Gasteiger partial charge in [-0.15, -0.1) is 0 Å². The van der Waals surface area contributed by atoms with Crippen molar-refractivity contribution in [1.29, 1.82) is 15.8 Å². The second-order valence-electron chi connectivity index (χ2n) is 12.9. The topological polar surface area (TPSA) is 81.2 Å². The maximum atomic E-state index is 10.4. The molecule has 0 saturated carbocycles. The first-order valence-electron chi connectivity index (χ1n) is 16.9. The lowest BCUT2D eigenvalue weighted by atomic mass is 9.94. The Kier molecular flexibility index (Phi) is 6.84. The van der Waals surface area contributed by atoms with Crippen LogP contribution in [0.4, 0.5) is 0 Å². The Balaban J connectivity index is 1.12. The molecule has 9 rings (SSSR count). The minimum atomic E-state index is 0.595. The Morgan fingerprint density at radius 1 is 0.480 bits per heavy atom. The molecule has 8 aromatic rings. The molecule has 2 aromatic heterocycles. The van der Waals surface area contributed by atoms with Crippen molar-refractivity contribution in [1.82, 2.24) is 9.13 Å². The highest BCUT2D eigenvalue weighted by atomic mass is 15.0. The first-order valence-corrected chi connectivity index (χ1v) is 16.9. The van der Waals surface area contributed by atoms with E-state index in [0.717, 1.165) is 80.2 Å². The van der Waals surface area contributed by atoms with Gasteiger partial charge in [-0.3, -0.25) is 0 Å². The van der Waals surface area contributed by atoms with Crippen LogP contribution in [0.1, 0.15) is 40.8 Å². The van der Waals surface area contributed by atoms with Crippen molar-refractivity contribution in [2.45, 2.75) is 25.7 Å². The van der Waals surface area contributed by atoms with Crippen LogP contribution >= 0.6 is 0 Å². The van der Waals surface area contributed by atoms with Crippen molar-refractivity contribution in [3.63, 3.8) is 0 Å². The summed E-state index contributed by atoms with van der Waals surface area (Å²) in [5.74, 6) is 0. The highest BCUT2D eigenvalue weighted by Gasteiger charge is 2.23. The fourth-order valence-electron chi connectivity index (χ4n) is 7.97. The molecule has 1 aliphatic rings. The van der Waals surface area contributed by atoms with Crippen LogP contribution in [0.3, 0.4) is 0 Å². The quantitative estimate of drug-likeness (QED) is 0.192. The van der Waals surface area contributed by atoms with Crippen LogP contribution in [0.5, 0.6) is 0 Å². The summed E-state index contributed by atoms with van der Waals surface area (Å²) >= 11 is 0. The van der Waals surface area contributed by atoms with Crippen molar-refractivity contribution in [3.8, 4) is 51.8 Å². The van der Waals surface area contributed by atoms with Gasteiger partial charge < -0.3 is 9.13 Å². The van der Waals surface area contributed by atoms with E-state index in [0.29, 0.717) is 16.7 Å². The van der Waals surface area contributed by atoms with E-state index in [1.807, 2.05) is 48.5 Å². The molecule has 0 bridgehead atoms. The zero-order valence-electron chi connectivity index (χ0n) is 27.2. The third kappa shape index (κ3) is 4.51. The molecule has 0 radical (unpaired) electrons. The van der Waals surface area contributed by atoms with Crippen LogP contribution in [0.25, 0.3) is 66.3 Å². The molecule has 2 heterocycles. The smallest absolute Gasteiger partial charge is 0.0998 e. The number of aromatic nitrogens is 2. The molecule has 0 unspecified atom stereocenters. The monoisotopic (exact) mass is 639 g/mol. The summed E-state index contributed by atoms with van der Waals surface area (Å²) in [5.41, 5.74) is 13.9. The lowest BCUT2D eigenvalue weighted by Crippen LogP contribution is -2.07. The van der Waals surface area contributed by atoms with Crippen LogP contribution in [0, 0.1) is 34.0 Å². The number of fused-ring (bicyclic) bond motifs is 6. The highest BCUT2D eigenvalue weighted by Crippen LogP contribution is 2.39. The second kappa shape index (κ2) is 11.7. The van der Waals surface area contributed by atoms with Crippen molar-refractivity contribution >= 4 is 32.7 Å². The highest BCUT2D eigenvalue weighted by molar-refractivity contribution is 6.09. The molecule has 0 atom stereocenters. The first kappa shape index (κ1) is 29.3. The Bertz CT molecular complexity index is 2790. The molecule has 5 nitrogen and oxygen atoms in total. The number of nitriles is 3. The van der Waals surface area contributed by atoms with Gasteiger partial charge in [0.05, 0.1) is 57.1 Å². The second-order valence-corrected chi connectivity index (χ2v) is 12.9. The fourth-order valence-corrected chi connectivity index (χ4v) is 7.97. The molecule has 6 aromatic carbocycles. The van der Waals surface area contributed by atoms with Gasteiger partial charge in [-0.05, 0) is 109 Å². The predicted molar refractivity (Wildman–Crippen MR) is 199 cm³/mol. The van der Waals surface area contributed by atoms with E-state index in [9.17, 15) is 15.8 Å². The van der Waals surface area contributed by atoms with Gasteiger partial charge in [0.15, 0.2) is 0 Å². The predicted octanol–water partition coefficient (Wildman–Crippen LogP) is 10.6. The molecular formula is C45H29N5. The molecule has 0 aliphatic heterocycles. The molecule has 0 spiro atoms. The SMILES string of the molecule is N#Cc1ccc2c(c1)c1c(n2-c2ccccc2-c2ccc(-c3ccc(-n4c5ccccc5c5cc(C#N)ccc54)cc3C#N)cc2)CCCC1. The zero-order valence-corrected chi connectivity index (χ0v) is 27.2. The molecule has 0 N–H and O–H groups in total. The lowest BCUT2D eigenvalue weighted by Gasteiger charge is -2.19. The van der Waals surface area contributed by atoms with E-state index in [2.05, 4.69) is 106 Å². The van der Waals surface area contributed by atoms with Crippen molar-refractivity contribution < 1.29 is 0 Å². The Labute approximate surface area is 289 Å². The van der Waals surface area contributed by atoms with Gasteiger partial charge in [-0.2, -0.15) is 15.8 Å². The van der Waals surface area contributed by atoms with Crippen LogP contribution in [0.2, 0.25) is 0 Å². The minimum absolute atomic E-state index is 0.595. The van der Waals surface area contributed by atoms with Gasteiger partial charge in [-0.25, -0.2) is 0 Å². The van der Waals surface area contributed by atoms with Gasteiger partial charge in [0.2, 0.25) is 0 Å². The molecule has 234 valence electrons. The normalized spacial score (nSPS) is 12.4. The van der Waals surface area contributed by atoms with Crippen molar-refractivity contribution in [3.05, 3.63) is 155 Å². The van der Waals surface area contributed by atoms with Crippen LogP contribution in [-0.2, 0) is 12.8 Å². The number of nitrogens with zero attached hydrogens (tertiary/aromatic N) is 5. The third-order valence-electron chi connectivity index (χ3n) is 10.2. The zero-order chi connectivity index (χ0) is 33.8. The fraction of sp³-hybridized carbons (Fsp3) is 0.0889. The molecule has 0 amide bonds. The van der Waals surface area contributed by atoms with E-state index in [1.54, 1.807) is 0 Å².